The summed E-state index contributed by atoms with van der Waals surface area (Å²) in [5, 5.41) is 1.42. The Balaban J connectivity index is 1.79. The van der Waals surface area contributed by atoms with Crippen molar-refractivity contribution in [3.8, 4) is 5.75 Å². The summed E-state index contributed by atoms with van der Waals surface area (Å²) in [5.41, 5.74) is 5.30. The molecule has 1 aromatic heterocycles. The largest absolute Gasteiger partial charge is 0.497 e. The van der Waals surface area contributed by atoms with Crippen LogP contribution in [-0.2, 0) is 17.6 Å². The van der Waals surface area contributed by atoms with Gasteiger partial charge in [0, 0.05) is 40.9 Å². The van der Waals surface area contributed by atoms with Crippen molar-refractivity contribution in [1.29, 1.82) is 0 Å². The van der Waals surface area contributed by atoms with Gasteiger partial charge in [0.2, 0.25) is 0 Å². The van der Waals surface area contributed by atoms with E-state index < -0.39 is 0 Å². The molecule has 1 saturated carbocycles. The van der Waals surface area contributed by atoms with Gasteiger partial charge in [0.1, 0.15) is 11.5 Å². The number of benzene rings is 1. The van der Waals surface area contributed by atoms with Crippen molar-refractivity contribution in [3.05, 3.63) is 29.0 Å². The van der Waals surface area contributed by atoms with Gasteiger partial charge in [-0.2, -0.15) is 0 Å². The number of aryl methyl sites for hydroxylation is 1. The Hall–Kier alpha value is -1.77. The fraction of sp³-hybridized carbons (Fsp3) is 0.526. The predicted molar refractivity (Wildman–Crippen MR) is 85.5 cm³/mol. The molecule has 3 aliphatic carbocycles. The summed E-state index contributed by atoms with van der Waals surface area (Å²) in [6, 6.07) is 4.31. The highest BCUT2D eigenvalue weighted by Gasteiger charge is 2.54. The van der Waals surface area contributed by atoms with E-state index in [1.54, 1.807) is 7.11 Å². The minimum atomic E-state index is -0.139. The smallest absolute Gasteiger partial charge is 0.139 e. The van der Waals surface area contributed by atoms with Gasteiger partial charge in [0.25, 0.3) is 0 Å². The van der Waals surface area contributed by atoms with Crippen molar-refractivity contribution >= 4 is 16.7 Å². The maximum atomic E-state index is 12.5. The van der Waals surface area contributed by atoms with Crippen molar-refractivity contribution in [2.24, 2.45) is 11.3 Å². The second-order valence-corrected chi connectivity index (χ2v) is 7.53. The Kier molecular flexibility index (Phi) is 2.29. The second-order valence-electron chi connectivity index (χ2n) is 7.53. The summed E-state index contributed by atoms with van der Waals surface area (Å²) in [5.74, 6) is 2.52. The van der Waals surface area contributed by atoms with E-state index in [9.17, 15) is 4.79 Å². The molecule has 0 radical (unpaired) electrons. The number of ketones is 1. The zero-order chi connectivity index (χ0) is 15.1. The summed E-state index contributed by atoms with van der Waals surface area (Å²) in [7, 11) is 1.73. The number of nitrogens with one attached hydrogen (secondary N) is 1. The van der Waals surface area contributed by atoms with E-state index in [-0.39, 0.29) is 5.41 Å². The Bertz CT molecular complexity index is 818. The normalized spacial score (nSPS) is 32.4. The maximum Gasteiger partial charge on any atom is 0.139 e. The van der Waals surface area contributed by atoms with Crippen LogP contribution in [0.25, 0.3) is 10.9 Å². The van der Waals surface area contributed by atoms with Gasteiger partial charge in [-0.1, -0.05) is 6.92 Å². The summed E-state index contributed by atoms with van der Waals surface area (Å²) in [6.07, 6.45) is 5.02. The third-order valence-corrected chi connectivity index (χ3v) is 6.57. The molecule has 0 amide bonds. The van der Waals surface area contributed by atoms with Gasteiger partial charge in [0.05, 0.1) is 7.11 Å². The monoisotopic (exact) mass is 295 g/mol. The van der Waals surface area contributed by atoms with Crippen LogP contribution in [-0.4, -0.2) is 17.9 Å². The number of Topliss-reactive ketones (excluding diaryl/α,β-unsaturated/α-hetero) is 1. The molecule has 22 heavy (non-hydrogen) atoms. The molecule has 114 valence electrons. The van der Waals surface area contributed by atoms with Crippen LogP contribution < -0.4 is 4.74 Å². The molecule has 3 atom stereocenters. The molecule has 0 saturated heterocycles. The number of carbonyl (C=O) groups is 1. The first-order chi connectivity index (χ1) is 10.6. The van der Waals surface area contributed by atoms with Crippen molar-refractivity contribution in [2.45, 2.75) is 44.9 Å². The molecule has 0 spiro atoms. The van der Waals surface area contributed by atoms with Crippen molar-refractivity contribution < 1.29 is 9.53 Å². The van der Waals surface area contributed by atoms with Crippen LogP contribution in [0.5, 0.6) is 5.75 Å². The minimum absolute atomic E-state index is 0.139. The fourth-order valence-electron chi connectivity index (χ4n) is 5.53. The van der Waals surface area contributed by atoms with Gasteiger partial charge in [-0.3, -0.25) is 4.79 Å². The Morgan fingerprint density at radius 1 is 1.27 bits per heavy atom. The summed E-state index contributed by atoms with van der Waals surface area (Å²) >= 11 is 0. The van der Waals surface area contributed by atoms with Crippen LogP contribution in [0, 0.1) is 11.3 Å². The summed E-state index contributed by atoms with van der Waals surface area (Å²) in [4.78, 5) is 16.1. The van der Waals surface area contributed by atoms with Crippen LogP contribution in [0.15, 0.2) is 12.1 Å². The number of ether oxygens (including phenoxy) is 1. The molecule has 5 rings (SSSR count). The SMILES string of the molecule is COc1cc2c3c4c([nH]c3c1)CC1(C)C(=O)CCC1C4CC2. The summed E-state index contributed by atoms with van der Waals surface area (Å²) in [6.45, 7) is 2.21. The zero-order valence-electron chi connectivity index (χ0n) is 13.2. The van der Waals surface area contributed by atoms with Gasteiger partial charge in [0.15, 0.2) is 0 Å². The van der Waals surface area contributed by atoms with Gasteiger partial charge >= 0.3 is 0 Å². The lowest BCUT2D eigenvalue weighted by Gasteiger charge is -2.42. The topological polar surface area (TPSA) is 42.1 Å². The van der Waals surface area contributed by atoms with Crippen LogP contribution in [0.3, 0.4) is 0 Å². The molecule has 1 heterocycles. The first-order valence-corrected chi connectivity index (χ1v) is 8.36. The van der Waals surface area contributed by atoms with Gasteiger partial charge < -0.3 is 9.72 Å². The molecule has 3 aliphatic rings. The highest BCUT2D eigenvalue weighted by atomic mass is 16.5. The van der Waals surface area contributed by atoms with Crippen LogP contribution in [0.4, 0.5) is 0 Å². The lowest BCUT2D eigenvalue weighted by atomic mass is 9.60. The lowest BCUT2D eigenvalue weighted by molar-refractivity contribution is -0.127. The van der Waals surface area contributed by atoms with Gasteiger partial charge in [-0.05, 0) is 48.3 Å². The molecular formula is C19H21NO2. The van der Waals surface area contributed by atoms with Crippen molar-refractivity contribution in [1.82, 2.24) is 4.98 Å². The van der Waals surface area contributed by atoms with Crippen LogP contribution in [0.2, 0.25) is 0 Å². The quantitative estimate of drug-likeness (QED) is 0.870. The zero-order valence-corrected chi connectivity index (χ0v) is 13.2. The average Bonchev–Trinajstić information content (AvgIpc) is 3.02. The number of rotatable bonds is 1. The summed E-state index contributed by atoms with van der Waals surface area (Å²) < 4.78 is 5.45. The lowest BCUT2D eigenvalue weighted by Crippen LogP contribution is -2.39. The maximum absolute atomic E-state index is 12.5. The molecule has 2 aromatic rings. The first-order valence-electron chi connectivity index (χ1n) is 8.36. The number of aromatic nitrogens is 1. The Morgan fingerprint density at radius 2 is 2.14 bits per heavy atom. The Labute approximate surface area is 130 Å². The number of fused-ring (bicyclic) bond motifs is 2. The van der Waals surface area contributed by atoms with E-state index in [2.05, 4.69) is 24.0 Å². The number of aromatic amines is 1. The van der Waals surface area contributed by atoms with E-state index in [0.29, 0.717) is 17.6 Å². The molecule has 3 unspecified atom stereocenters. The van der Waals surface area contributed by atoms with E-state index in [4.69, 9.17) is 4.74 Å². The highest BCUT2D eigenvalue weighted by Crippen LogP contribution is 2.58. The van der Waals surface area contributed by atoms with Crippen LogP contribution in [0.1, 0.15) is 48.9 Å². The van der Waals surface area contributed by atoms with Gasteiger partial charge in [-0.25, -0.2) is 0 Å². The molecular weight excluding hydrogens is 274 g/mol. The number of hydrogen-bond donors (Lipinski definition) is 1. The van der Waals surface area contributed by atoms with Crippen molar-refractivity contribution in [2.75, 3.05) is 7.11 Å². The minimum Gasteiger partial charge on any atom is -0.497 e. The fourth-order valence-corrected chi connectivity index (χ4v) is 5.53. The predicted octanol–water partition coefficient (Wildman–Crippen LogP) is 3.75. The molecule has 3 nitrogen and oxygen atoms in total. The molecule has 0 aliphatic heterocycles. The molecule has 3 heteroatoms. The highest BCUT2D eigenvalue weighted by molar-refractivity contribution is 5.93. The van der Waals surface area contributed by atoms with E-state index >= 15 is 0 Å². The van der Waals surface area contributed by atoms with Crippen LogP contribution >= 0.6 is 0 Å². The first kappa shape index (κ1) is 12.7. The number of methoxy groups -OCH3 is 1. The third-order valence-electron chi connectivity index (χ3n) is 6.57. The third kappa shape index (κ3) is 1.35. The molecule has 1 aromatic carbocycles. The van der Waals surface area contributed by atoms with E-state index in [1.165, 1.54) is 34.1 Å². The van der Waals surface area contributed by atoms with Crippen molar-refractivity contribution in [3.63, 3.8) is 0 Å². The number of carbonyl (C=O) groups excluding carboxylic acids is 1. The van der Waals surface area contributed by atoms with E-state index in [1.807, 2.05) is 0 Å². The Morgan fingerprint density at radius 3 is 2.95 bits per heavy atom. The standard InChI is InChI=1S/C19H21NO2/c1-19-9-15-18-12(13(19)5-6-16(19)21)4-3-10-7-11(22-2)8-14(20-15)17(10)18/h7-8,12-13,20H,3-6,9H2,1-2H3. The van der Waals surface area contributed by atoms with E-state index in [0.717, 1.165) is 31.4 Å². The molecule has 1 fully saturated rings. The molecule has 1 N–H and O–H groups in total. The van der Waals surface area contributed by atoms with Gasteiger partial charge in [-0.15, -0.1) is 0 Å². The number of H-pyrrole nitrogens is 1. The molecule has 0 bridgehead atoms. The number of hydrogen-bond acceptors (Lipinski definition) is 2. The average molecular weight is 295 g/mol. The second kappa shape index (κ2) is 3.95.